The van der Waals surface area contributed by atoms with E-state index >= 15 is 0 Å². The van der Waals surface area contributed by atoms with Crippen LogP contribution in [0.4, 0.5) is 11.4 Å². The number of carboxylic acids is 1. The molecule has 1 aromatic carbocycles. The third-order valence-electron chi connectivity index (χ3n) is 9.56. The number of nitrogens with zero attached hydrogens (tertiary/aromatic N) is 1. The van der Waals surface area contributed by atoms with Gasteiger partial charge in [-0.3, -0.25) is 10.1 Å². The Morgan fingerprint density at radius 2 is 1.89 bits per heavy atom. The van der Waals surface area contributed by atoms with Crippen molar-refractivity contribution < 1.29 is 25.0 Å². The monoisotopic (exact) mass is 519 g/mol. The summed E-state index contributed by atoms with van der Waals surface area (Å²) in [7, 11) is 0. The average Bonchev–Trinajstić information content (AvgIpc) is 3.13. The van der Waals surface area contributed by atoms with E-state index in [-0.39, 0.29) is 46.2 Å². The highest BCUT2D eigenvalue weighted by atomic mass is 16.6. The van der Waals surface area contributed by atoms with Gasteiger partial charge >= 0.3 is 0 Å². The Kier molecular flexibility index (Phi) is 10.3. The SMILES string of the molecule is C=C1CCC2[C@@H](CNc3cccc([N+](=O)[O-])c3)C([C@@]3(C)CC[C@H](O)C[C@@H]3CO)CC[C@@]12C.CC(=O)[O-].[NH4+]. The van der Waals surface area contributed by atoms with Crippen molar-refractivity contribution in [1.29, 1.82) is 0 Å². The zero-order valence-corrected chi connectivity index (χ0v) is 22.7. The molecule has 4 rings (SSSR count). The molecule has 0 radical (unpaired) electrons. The van der Waals surface area contributed by atoms with Gasteiger partial charge in [-0.2, -0.15) is 0 Å². The van der Waals surface area contributed by atoms with Crippen LogP contribution in [0.25, 0.3) is 0 Å². The molecule has 0 heterocycles. The quantitative estimate of drug-likeness (QED) is 0.246. The summed E-state index contributed by atoms with van der Waals surface area (Å²) in [5.74, 6) is 0.359. The molecule has 3 aliphatic carbocycles. The maximum absolute atomic E-state index is 11.2. The first kappa shape index (κ1) is 30.7. The zero-order chi connectivity index (χ0) is 26.7. The number of anilines is 1. The zero-order valence-electron chi connectivity index (χ0n) is 22.7. The van der Waals surface area contributed by atoms with Gasteiger partial charge in [0.1, 0.15) is 0 Å². The molecule has 9 nitrogen and oxygen atoms in total. The number of quaternary nitrogens is 1. The topological polar surface area (TPSA) is 172 Å². The number of nitro groups is 1. The van der Waals surface area contributed by atoms with Crippen LogP contribution >= 0.6 is 0 Å². The molecular weight excluding hydrogens is 474 g/mol. The van der Waals surface area contributed by atoms with Gasteiger partial charge in [0.2, 0.25) is 0 Å². The second kappa shape index (κ2) is 12.4. The Labute approximate surface area is 220 Å². The fraction of sp³-hybridized carbons (Fsp3) is 0.679. The highest BCUT2D eigenvalue weighted by molar-refractivity contribution is 5.60. The van der Waals surface area contributed by atoms with Crippen molar-refractivity contribution in [3.05, 3.63) is 46.5 Å². The fourth-order valence-corrected chi connectivity index (χ4v) is 7.43. The number of carbonyl (C=O) groups is 1. The maximum atomic E-state index is 11.2. The van der Waals surface area contributed by atoms with Gasteiger partial charge in [0.25, 0.3) is 5.69 Å². The second-order valence-corrected chi connectivity index (χ2v) is 11.5. The molecule has 0 bridgehead atoms. The molecule has 3 fully saturated rings. The summed E-state index contributed by atoms with van der Waals surface area (Å²) >= 11 is 0. The number of non-ortho nitro benzene ring substituents is 1. The van der Waals surface area contributed by atoms with Crippen LogP contribution in [0.5, 0.6) is 0 Å². The number of nitrogens with one attached hydrogen (secondary N) is 1. The Morgan fingerprint density at radius 3 is 2.51 bits per heavy atom. The van der Waals surface area contributed by atoms with Crippen molar-refractivity contribution in [2.24, 2.45) is 34.5 Å². The lowest BCUT2D eigenvalue weighted by atomic mass is 9.49. The van der Waals surface area contributed by atoms with Crippen molar-refractivity contribution >= 4 is 17.3 Å². The van der Waals surface area contributed by atoms with Crippen molar-refractivity contribution in [3.63, 3.8) is 0 Å². The molecule has 3 saturated carbocycles. The van der Waals surface area contributed by atoms with E-state index in [0.29, 0.717) is 24.2 Å². The van der Waals surface area contributed by atoms with Gasteiger partial charge in [-0.05, 0) is 92.4 Å². The van der Waals surface area contributed by atoms with Crippen LogP contribution in [0, 0.1) is 44.6 Å². The molecule has 3 aliphatic rings. The first-order valence-electron chi connectivity index (χ1n) is 13.1. The summed E-state index contributed by atoms with van der Waals surface area (Å²) in [6.45, 7) is 11.0. The molecule has 2 unspecified atom stereocenters. The number of rotatable bonds is 6. The lowest BCUT2D eigenvalue weighted by Crippen LogP contribution is -2.52. The highest BCUT2D eigenvalue weighted by Gasteiger charge is 2.56. The number of carbonyl (C=O) groups excluding carboxylic acids is 1. The average molecular weight is 520 g/mol. The minimum Gasteiger partial charge on any atom is -0.550 e. The van der Waals surface area contributed by atoms with E-state index in [9.17, 15) is 20.3 Å². The molecule has 0 aliphatic heterocycles. The van der Waals surface area contributed by atoms with Crippen LogP contribution in [0.15, 0.2) is 36.4 Å². The molecule has 0 amide bonds. The molecule has 7 N–H and O–H groups in total. The third-order valence-corrected chi connectivity index (χ3v) is 9.56. The number of benzene rings is 1. The molecule has 0 spiro atoms. The van der Waals surface area contributed by atoms with Crippen LogP contribution in [-0.2, 0) is 4.79 Å². The molecule has 0 aromatic heterocycles. The third kappa shape index (κ3) is 6.51. The number of aliphatic hydroxyl groups excluding tert-OH is 2. The number of allylic oxidation sites excluding steroid dienone is 1. The lowest BCUT2D eigenvalue weighted by Gasteiger charge is -2.56. The Morgan fingerprint density at radius 1 is 1.22 bits per heavy atom. The number of hydrogen-bond donors (Lipinski definition) is 4. The molecule has 208 valence electrons. The van der Waals surface area contributed by atoms with Gasteiger partial charge in [-0.1, -0.05) is 32.1 Å². The van der Waals surface area contributed by atoms with Crippen LogP contribution in [0.1, 0.15) is 65.7 Å². The number of carboxylic acid groups (broad SMARTS) is 1. The Bertz CT molecular complexity index is 967. The molecule has 0 saturated heterocycles. The Balaban J connectivity index is 0.000000898. The summed E-state index contributed by atoms with van der Waals surface area (Å²) in [6, 6.07) is 6.76. The molecule has 37 heavy (non-hydrogen) atoms. The largest absolute Gasteiger partial charge is 0.550 e. The van der Waals surface area contributed by atoms with Crippen LogP contribution in [0.2, 0.25) is 0 Å². The van der Waals surface area contributed by atoms with Crippen LogP contribution < -0.4 is 16.6 Å². The van der Waals surface area contributed by atoms with Gasteiger partial charge in [0.05, 0.1) is 11.0 Å². The number of fused-ring (bicyclic) bond motifs is 1. The van der Waals surface area contributed by atoms with Crippen molar-refractivity contribution in [2.75, 3.05) is 18.5 Å². The maximum Gasteiger partial charge on any atom is 0.271 e. The van der Waals surface area contributed by atoms with Gasteiger partial charge < -0.3 is 31.6 Å². The second-order valence-electron chi connectivity index (χ2n) is 11.5. The number of aliphatic carboxylic acids is 1. The molecule has 9 heteroatoms. The Hall–Kier alpha value is -2.49. The van der Waals surface area contributed by atoms with Gasteiger partial charge in [-0.25, -0.2) is 0 Å². The van der Waals surface area contributed by atoms with Gasteiger partial charge in [-0.15, -0.1) is 0 Å². The van der Waals surface area contributed by atoms with E-state index in [1.54, 1.807) is 12.1 Å². The van der Waals surface area contributed by atoms with Crippen molar-refractivity contribution in [3.8, 4) is 0 Å². The smallest absolute Gasteiger partial charge is 0.271 e. The van der Waals surface area contributed by atoms with Crippen molar-refractivity contribution in [1.82, 2.24) is 6.15 Å². The van der Waals surface area contributed by atoms with E-state index < -0.39 is 5.97 Å². The standard InChI is InChI=1S/C26H38N2O4.C2H4O2.H3N/c1-17-7-8-23-22(15-27-19-5-4-6-20(14-19)28(31)32)24(10-12-25(17,23)2)26(3)11-9-21(30)13-18(26)16-29;1-2(3)4;/h4-6,14,18,21-24,27,29-30H,1,7-13,15-16H2,2-3H3;1H3,(H,3,4);1H3/t18-,21+,22-,23?,24?,25+,26+;;/m1../s1. The van der Waals surface area contributed by atoms with E-state index in [4.69, 9.17) is 9.90 Å². The predicted molar refractivity (Wildman–Crippen MR) is 143 cm³/mol. The van der Waals surface area contributed by atoms with Crippen molar-refractivity contribution in [2.45, 2.75) is 71.8 Å². The summed E-state index contributed by atoms with van der Waals surface area (Å²) in [4.78, 5) is 19.7. The van der Waals surface area contributed by atoms with E-state index in [1.165, 1.54) is 11.6 Å². The molecular formula is C28H45N3O6. The van der Waals surface area contributed by atoms with Gasteiger partial charge in [0, 0.05) is 36.9 Å². The van der Waals surface area contributed by atoms with Gasteiger partial charge in [0.15, 0.2) is 0 Å². The normalized spacial score (nSPS) is 34.8. The number of hydrogen-bond acceptors (Lipinski definition) is 7. The number of aliphatic hydroxyl groups is 2. The summed E-state index contributed by atoms with van der Waals surface area (Å²) in [5.41, 5.74) is 2.37. The van der Waals surface area contributed by atoms with Crippen LogP contribution in [-0.4, -0.2) is 40.4 Å². The first-order chi connectivity index (χ1) is 16.9. The minimum absolute atomic E-state index is 0. The van der Waals surface area contributed by atoms with E-state index in [1.807, 2.05) is 6.07 Å². The fourth-order valence-electron chi connectivity index (χ4n) is 7.43. The highest BCUT2D eigenvalue weighted by Crippen LogP contribution is 2.63. The number of nitro benzene ring substituents is 1. The van der Waals surface area contributed by atoms with Crippen LogP contribution in [0.3, 0.4) is 0 Å². The summed E-state index contributed by atoms with van der Waals surface area (Å²) in [6.07, 6.45) is 6.51. The summed E-state index contributed by atoms with van der Waals surface area (Å²) < 4.78 is 0. The van der Waals surface area contributed by atoms with E-state index in [0.717, 1.165) is 57.7 Å². The molecule has 7 atom stereocenters. The minimum atomic E-state index is -1.08. The molecule has 1 aromatic rings. The first-order valence-corrected chi connectivity index (χ1v) is 13.1. The van der Waals surface area contributed by atoms with E-state index in [2.05, 4.69) is 25.7 Å². The summed E-state index contributed by atoms with van der Waals surface area (Å²) in [5, 5.41) is 44.1. The predicted octanol–water partition coefficient (Wildman–Crippen LogP) is 4.30. The lowest BCUT2D eigenvalue weighted by molar-refractivity contribution is -0.384.